The fraction of sp³-hybridized carbons (Fsp3) is 0.136. The number of amides is 1. The summed E-state index contributed by atoms with van der Waals surface area (Å²) < 4.78 is 7.16. The van der Waals surface area contributed by atoms with Gasteiger partial charge in [0.15, 0.2) is 0 Å². The first kappa shape index (κ1) is 19.4. The zero-order valence-corrected chi connectivity index (χ0v) is 18.0. The molecule has 3 aromatic carbocycles. The summed E-state index contributed by atoms with van der Waals surface area (Å²) in [6, 6.07) is 23.3. The monoisotopic (exact) mass is 473 g/mol. The Morgan fingerprint density at radius 1 is 1.04 bits per heavy atom. The Morgan fingerprint density at radius 3 is 2.50 bits per heavy atom. The number of halogens is 2. The lowest BCUT2D eigenvalue weighted by Gasteiger charge is -2.26. The van der Waals surface area contributed by atoms with Crippen molar-refractivity contribution in [3.8, 4) is 5.75 Å². The molecule has 1 amide bonds. The Labute approximate surface area is 181 Å². The van der Waals surface area contributed by atoms with E-state index in [0.29, 0.717) is 17.4 Å². The van der Waals surface area contributed by atoms with Crippen molar-refractivity contribution in [3.63, 3.8) is 0 Å². The molecule has 0 bridgehead atoms. The van der Waals surface area contributed by atoms with Crippen LogP contribution >= 0.6 is 39.3 Å². The van der Waals surface area contributed by atoms with E-state index >= 15 is 0 Å². The van der Waals surface area contributed by atoms with Crippen molar-refractivity contribution in [2.45, 2.75) is 12.0 Å². The zero-order valence-electron chi connectivity index (χ0n) is 14.8. The number of nitrogens with zero attached hydrogens (tertiary/aromatic N) is 1. The molecule has 3 aromatic rings. The van der Waals surface area contributed by atoms with Crippen LogP contribution in [0.1, 0.15) is 16.5 Å². The van der Waals surface area contributed by atoms with E-state index in [9.17, 15) is 4.79 Å². The maximum absolute atomic E-state index is 12.6. The molecule has 0 unspecified atom stereocenters. The molecule has 1 heterocycles. The minimum Gasteiger partial charge on any atom is -0.489 e. The largest absolute Gasteiger partial charge is 0.489 e. The molecule has 0 N–H and O–H groups in total. The minimum atomic E-state index is -0.130. The second-order valence-corrected chi connectivity index (χ2v) is 8.78. The summed E-state index contributed by atoms with van der Waals surface area (Å²) >= 11 is 11.1. The van der Waals surface area contributed by atoms with Gasteiger partial charge in [-0.3, -0.25) is 9.69 Å². The van der Waals surface area contributed by atoms with Gasteiger partial charge < -0.3 is 4.74 Å². The molecule has 1 fully saturated rings. The Morgan fingerprint density at radius 2 is 1.75 bits per heavy atom. The average Bonchev–Trinajstić information content (AvgIpc) is 3.10. The molecule has 142 valence electrons. The normalized spacial score (nSPS) is 16.4. The van der Waals surface area contributed by atoms with Gasteiger partial charge in [0.2, 0.25) is 5.91 Å². The molecule has 1 saturated heterocycles. The van der Waals surface area contributed by atoms with Crippen LogP contribution < -0.4 is 9.64 Å². The first-order valence-electron chi connectivity index (χ1n) is 8.77. The fourth-order valence-electron chi connectivity index (χ4n) is 3.09. The van der Waals surface area contributed by atoms with Crippen molar-refractivity contribution in [1.82, 2.24) is 0 Å². The second-order valence-electron chi connectivity index (χ2n) is 6.36. The van der Waals surface area contributed by atoms with E-state index in [-0.39, 0.29) is 11.3 Å². The lowest BCUT2D eigenvalue weighted by molar-refractivity contribution is -0.115. The van der Waals surface area contributed by atoms with Gasteiger partial charge >= 0.3 is 0 Å². The van der Waals surface area contributed by atoms with Crippen LogP contribution in [0.3, 0.4) is 0 Å². The highest BCUT2D eigenvalue weighted by molar-refractivity contribution is 9.10. The summed E-state index contributed by atoms with van der Waals surface area (Å²) in [6.45, 7) is 0.469. The molecule has 6 heteroatoms. The van der Waals surface area contributed by atoms with E-state index < -0.39 is 0 Å². The summed E-state index contributed by atoms with van der Waals surface area (Å²) in [6.07, 6.45) is 0. The van der Waals surface area contributed by atoms with Crippen molar-refractivity contribution >= 4 is 50.9 Å². The Kier molecular flexibility index (Phi) is 5.95. The van der Waals surface area contributed by atoms with Crippen molar-refractivity contribution < 1.29 is 9.53 Å². The van der Waals surface area contributed by atoms with Crippen LogP contribution in [-0.4, -0.2) is 11.7 Å². The average molecular weight is 475 g/mol. The highest BCUT2D eigenvalue weighted by Crippen LogP contribution is 2.45. The lowest BCUT2D eigenvalue weighted by Crippen LogP contribution is -2.28. The predicted octanol–water partition coefficient (Wildman–Crippen LogP) is 6.46. The van der Waals surface area contributed by atoms with Crippen LogP contribution in [0.5, 0.6) is 5.75 Å². The van der Waals surface area contributed by atoms with E-state index in [1.807, 2.05) is 65.6 Å². The van der Waals surface area contributed by atoms with E-state index in [1.54, 1.807) is 23.9 Å². The van der Waals surface area contributed by atoms with Gasteiger partial charge in [-0.2, -0.15) is 0 Å². The topological polar surface area (TPSA) is 29.5 Å². The van der Waals surface area contributed by atoms with Gasteiger partial charge in [0.05, 0.1) is 5.75 Å². The molecule has 4 rings (SSSR count). The first-order chi connectivity index (χ1) is 13.6. The number of anilines is 1. The van der Waals surface area contributed by atoms with Crippen molar-refractivity contribution in [3.05, 3.63) is 93.4 Å². The molecule has 3 nitrogen and oxygen atoms in total. The van der Waals surface area contributed by atoms with Crippen LogP contribution in [0.4, 0.5) is 5.69 Å². The van der Waals surface area contributed by atoms with E-state index in [4.69, 9.17) is 16.3 Å². The number of hydrogen-bond donors (Lipinski definition) is 0. The van der Waals surface area contributed by atoms with Crippen molar-refractivity contribution in [1.29, 1.82) is 0 Å². The molecule has 0 aliphatic carbocycles. The minimum absolute atomic E-state index is 0.0834. The number of benzene rings is 3. The smallest absolute Gasteiger partial charge is 0.238 e. The lowest BCUT2D eigenvalue weighted by atomic mass is 10.1. The molecule has 1 atom stereocenters. The Hall–Kier alpha value is -1.95. The van der Waals surface area contributed by atoms with Gasteiger partial charge in [-0.15, -0.1) is 11.8 Å². The van der Waals surface area contributed by atoms with E-state index in [0.717, 1.165) is 27.0 Å². The van der Waals surface area contributed by atoms with Crippen molar-refractivity contribution in [2.75, 3.05) is 10.7 Å². The van der Waals surface area contributed by atoms with Gasteiger partial charge in [0.25, 0.3) is 0 Å². The van der Waals surface area contributed by atoms with Crippen LogP contribution in [0.15, 0.2) is 77.3 Å². The molecule has 1 aliphatic rings. The number of hydrogen-bond acceptors (Lipinski definition) is 3. The van der Waals surface area contributed by atoms with Gasteiger partial charge in [-0.05, 0) is 48.0 Å². The third kappa shape index (κ3) is 4.22. The number of carbonyl (C=O) groups excluding carboxylic acids is 1. The van der Waals surface area contributed by atoms with Gasteiger partial charge in [0, 0.05) is 20.7 Å². The number of rotatable bonds is 5. The second kappa shape index (κ2) is 8.60. The van der Waals surface area contributed by atoms with Gasteiger partial charge in [0.1, 0.15) is 17.7 Å². The zero-order chi connectivity index (χ0) is 19.5. The summed E-state index contributed by atoms with van der Waals surface area (Å²) in [7, 11) is 0. The molecule has 1 aliphatic heterocycles. The molecule has 0 saturated carbocycles. The summed E-state index contributed by atoms with van der Waals surface area (Å²) in [4.78, 5) is 14.4. The third-order valence-corrected chi connectivity index (χ3v) is 6.44. The van der Waals surface area contributed by atoms with Crippen LogP contribution in [0.25, 0.3) is 0 Å². The number of carbonyl (C=O) groups is 1. The SMILES string of the molecule is O=C1CS[C@@H](c2ccccc2OCc2ccc(Br)cc2)N1c1ccc(Cl)cc1. The summed E-state index contributed by atoms with van der Waals surface area (Å²) in [5.41, 5.74) is 2.92. The van der Waals surface area contributed by atoms with Crippen LogP contribution in [0, 0.1) is 0 Å². The molecule has 0 radical (unpaired) electrons. The molecule has 28 heavy (non-hydrogen) atoms. The fourth-order valence-corrected chi connectivity index (χ4v) is 4.69. The highest BCUT2D eigenvalue weighted by atomic mass is 79.9. The van der Waals surface area contributed by atoms with E-state index in [1.165, 1.54) is 0 Å². The molecule has 0 spiro atoms. The quantitative estimate of drug-likeness (QED) is 0.425. The van der Waals surface area contributed by atoms with Crippen molar-refractivity contribution in [2.24, 2.45) is 0 Å². The number of thioether (sulfide) groups is 1. The number of ether oxygens (including phenoxy) is 1. The Balaban J connectivity index is 1.60. The maximum atomic E-state index is 12.6. The molecular weight excluding hydrogens is 458 g/mol. The standard InChI is InChI=1S/C22H17BrClNO2S/c23-16-7-5-15(6-8-16)13-27-20-4-2-1-3-19(20)22-25(21(26)14-28-22)18-11-9-17(24)10-12-18/h1-12,22H,13-14H2/t22-/m0/s1. The summed E-state index contributed by atoms with van der Waals surface area (Å²) in [5, 5.41) is 0.521. The first-order valence-corrected chi connectivity index (χ1v) is 11.0. The van der Waals surface area contributed by atoms with Crippen LogP contribution in [0.2, 0.25) is 5.02 Å². The molecule has 0 aromatic heterocycles. The van der Waals surface area contributed by atoms with Gasteiger partial charge in [-0.1, -0.05) is 57.9 Å². The maximum Gasteiger partial charge on any atom is 0.238 e. The third-order valence-electron chi connectivity index (χ3n) is 4.47. The molecular formula is C22H17BrClNO2S. The van der Waals surface area contributed by atoms with Crippen LogP contribution in [-0.2, 0) is 11.4 Å². The Bertz CT molecular complexity index is 979. The van der Waals surface area contributed by atoms with Gasteiger partial charge in [-0.25, -0.2) is 0 Å². The summed E-state index contributed by atoms with van der Waals surface area (Å²) in [5.74, 6) is 1.31. The predicted molar refractivity (Wildman–Crippen MR) is 119 cm³/mol. The highest BCUT2D eigenvalue weighted by Gasteiger charge is 2.35. The number of para-hydroxylation sites is 1. The van der Waals surface area contributed by atoms with E-state index in [2.05, 4.69) is 15.9 Å².